The summed E-state index contributed by atoms with van der Waals surface area (Å²) in [6.45, 7) is 3.87. The lowest BCUT2D eigenvalue weighted by Gasteiger charge is -2.35. The van der Waals surface area contributed by atoms with Crippen LogP contribution in [-0.4, -0.2) is 41.9 Å². The second-order valence-electron chi connectivity index (χ2n) is 5.09. The minimum Gasteiger partial charge on any atom is -0.504 e. The third kappa shape index (κ3) is 3.24. The van der Waals surface area contributed by atoms with Gasteiger partial charge in [0.15, 0.2) is 16.6 Å². The van der Waals surface area contributed by atoms with Crippen molar-refractivity contribution in [2.24, 2.45) is 0 Å². The molecule has 0 unspecified atom stereocenters. The third-order valence-electron chi connectivity index (χ3n) is 3.79. The minimum atomic E-state index is -0.466. The number of carbonyl (C=O) groups excluding carboxylic acids is 1. The zero-order valence-electron chi connectivity index (χ0n) is 13.5. The zero-order chi connectivity index (χ0) is 17.1. The van der Waals surface area contributed by atoms with Crippen molar-refractivity contribution in [3.8, 4) is 11.5 Å². The summed E-state index contributed by atoms with van der Waals surface area (Å²) in [5, 5.41) is 13.4. The molecule has 1 aromatic rings. The van der Waals surface area contributed by atoms with Crippen LogP contribution in [0.1, 0.15) is 25.5 Å². The van der Waals surface area contributed by atoms with E-state index in [1.807, 2.05) is 6.92 Å². The molecule has 1 aliphatic heterocycles. The number of carbonyl (C=O) groups is 1. The molecule has 1 heterocycles. The lowest BCUT2D eigenvalue weighted by atomic mass is 9.95. The Balaban J connectivity index is 2.53. The van der Waals surface area contributed by atoms with E-state index in [1.165, 1.54) is 13.2 Å². The molecule has 0 saturated carbocycles. The first-order chi connectivity index (χ1) is 10.9. The van der Waals surface area contributed by atoms with Gasteiger partial charge in [-0.05, 0) is 43.8 Å². The molecule has 0 bridgehead atoms. The molecule has 1 atom stereocenters. The maximum absolute atomic E-state index is 12.4. The molecule has 2 N–H and O–H groups in total. The average Bonchev–Trinajstić information content (AvgIpc) is 2.53. The van der Waals surface area contributed by atoms with Gasteiger partial charge in [-0.2, -0.15) is 0 Å². The van der Waals surface area contributed by atoms with E-state index >= 15 is 0 Å². The van der Waals surface area contributed by atoms with Crippen molar-refractivity contribution in [2.75, 3.05) is 20.8 Å². The maximum Gasteiger partial charge on any atom is 0.338 e. The van der Waals surface area contributed by atoms with Gasteiger partial charge in [-0.3, -0.25) is 0 Å². The number of ether oxygens (including phenoxy) is 2. The van der Waals surface area contributed by atoms with Crippen LogP contribution < -0.4 is 10.1 Å². The molecule has 2 rings (SSSR count). The fourth-order valence-corrected chi connectivity index (χ4v) is 2.69. The average molecular weight is 336 g/mol. The number of phenols is 1. The molecule has 0 aliphatic carbocycles. The van der Waals surface area contributed by atoms with E-state index in [1.54, 1.807) is 31.0 Å². The lowest BCUT2D eigenvalue weighted by molar-refractivity contribution is -0.139. The summed E-state index contributed by atoms with van der Waals surface area (Å²) in [6.07, 6.45) is 0. The van der Waals surface area contributed by atoms with Gasteiger partial charge in [-0.15, -0.1) is 0 Å². The molecule has 124 valence electrons. The topological polar surface area (TPSA) is 71.0 Å². The number of nitrogens with one attached hydrogen (secondary N) is 1. The molecule has 1 aromatic carbocycles. The standard InChI is InChI=1S/C16H20N2O4S/c1-5-22-15(20)13-9(2)18(3)16(23)17-14(13)10-6-7-11(19)12(8-10)21-4/h6-8,14,19H,5H2,1-4H3,(H,17,23)/t14-/m1/s1. The Kier molecular flexibility index (Phi) is 5.10. The summed E-state index contributed by atoms with van der Waals surface area (Å²) in [5.74, 6) is -0.0379. The monoisotopic (exact) mass is 336 g/mol. The second-order valence-corrected chi connectivity index (χ2v) is 5.48. The smallest absolute Gasteiger partial charge is 0.338 e. The third-order valence-corrected chi connectivity index (χ3v) is 4.18. The molecule has 0 radical (unpaired) electrons. The molecule has 0 amide bonds. The molecular weight excluding hydrogens is 316 g/mol. The van der Waals surface area contributed by atoms with Crippen LogP contribution in [-0.2, 0) is 9.53 Å². The van der Waals surface area contributed by atoms with Gasteiger partial charge in [0, 0.05) is 12.7 Å². The minimum absolute atomic E-state index is 0.0325. The first-order valence-corrected chi connectivity index (χ1v) is 7.60. The number of hydrogen-bond acceptors (Lipinski definition) is 5. The summed E-state index contributed by atoms with van der Waals surface area (Å²) >= 11 is 5.32. The Hall–Kier alpha value is -2.28. The maximum atomic E-state index is 12.4. The van der Waals surface area contributed by atoms with Crippen LogP contribution in [0, 0.1) is 0 Å². The summed E-state index contributed by atoms with van der Waals surface area (Å²) < 4.78 is 10.3. The number of phenolic OH excluding ortho intramolecular Hbond substituents is 1. The number of aromatic hydroxyl groups is 1. The van der Waals surface area contributed by atoms with Crippen molar-refractivity contribution in [1.82, 2.24) is 10.2 Å². The van der Waals surface area contributed by atoms with E-state index in [0.717, 1.165) is 11.3 Å². The molecule has 0 fully saturated rings. The Morgan fingerprint density at radius 1 is 1.48 bits per heavy atom. The van der Waals surface area contributed by atoms with Gasteiger partial charge >= 0.3 is 5.97 Å². The number of hydrogen-bond donors (Lipinski definition) is 2. The summed E-state index contributed by atoms with van der Waals surface area (Å²) in [7, 11) is 3.26. The van der Waals surface area contributed by atoms with Crippen LogP contribution in [0.25, 0.3) is 0 Å². The van der Waals surface area contributed by atoms with E-state index in [0.29, 0.717) is 16.4 Å². The Morgan fingerprint density at radius 2 is 2.17 bits per heavy atom. The predicted molar refractivity (Wildman–Crippen MR) is 90.2 cm³/mol. The van der Waals surface area contributed by atoms with E-state index in [9.17, 15) is 9.90 Å². The van der Waals surface area contributed by atoms with Crippen molar-refractivity contribution in [3.63, 3.8) is 0 Å². The normalized spacial score (nSPS) is 17.8. The quantitative estimate of drug-likeness (QED) is 0.644. The van der Waals surface area contributed by atoms with E-state index in [4.69, 9.17) is 21.7 Å². The van der Waals surface area contributed by atoms with Crippen molar-refractivity contribution >= 4 is 23.3 Å². The van der Waals surface area contributed by atoms with Crippen molar-refractivity contribution in [1.29, 1.82) is 0 Å². The molecule has 6 nitrogen and oxygen atoms in total. The number of nitrogens with zero attached hydrogens (tertiary/aromatic N) is 1. The summed E-state index contributed by atoms with van der Waals surface area (Å²) in [6, 6.07) is 4.45. The van der Waals surface area contributed by atoms with Crippen molar-refractivity contribution in [2.45, 2.75) is 19.9 Å². The van der Waals surface area contributed by atoms with Gasteiger partial charge in [0.05, 0.1) is 25.3 Å². The van der Waals surface area contributed by atoms with Crippen LogP contribution >= 0.6 is 12.2 Å². The van der Waals surface area contributed by atoms with Gasteiger partial charge in [0.1, 0.15) is 0 Å². The molecule has 0 saturated heterocycles. The van der Waals surface area contributed by atoms with E-state index in [-0.39, 0.29) is 12.4 Å². The highest BCUT2D eigenvalue weighted by atomic mass is 32.1. The predicted octanol–water partition coefficient (Wildman–Crippen LogP) is 2.10. The first-order valence-electron chi connectivity index (χ1n) is 7.19. The first kappa shape index (κ1) is 17.1. The number of esters is 1. The second kappa shape index (κ2) is 6.87. The number of methoxy groups -OCH3 is 1. The van der Waals surface area contributed by atoms with E-state index in [2.05, 4.69) is 5.32 Å². The summed E-state index contributed by atoms with van der Waals surface area (Å²) in [5.41, 5.74) is 1.96. The van der Waals surface area contributed by atoms with Crippen LogP contribution in [0.5, 0.6) is 11.5 Å². The van der Waals surface area contributed by atoms with Crippen molar-refractivity contribution < 1.29 is 19.4 Å². The molecule has 7 heteroatoms. The van der Waals surface area contributed by atoms with Gasteiger partial charge in [-0.25, -0.2) is 4.79 Å². The fourth-order valence-electron chi connectivity index (χ4n) is 2.43. The highest BCUT2D eigenvalue weighted by molar-refractivity contribution is 7.80. The highest BCUT2D eigenvalue weighted by Gasteiger charge is 2.33. The fraction of sp³-hybridized carbons (Fsp3) is 0.375. The van der Waals surface area contributed by atoms with Gasteiger partial charge < -0.3 is 24.8 Å². The Bertz CT molecular complexity index is 672. The largest absolute Gasteiger partial charge is 0.504 e. The Morgan fingerprint density at radius 3 is 2.78 bits per heavy atom. The Labute approximate surface area is 140 Å². The van der Waals surface area contributed by atoms with Crippen molar-refractivity contribution in [3.05, 3.63) is 35.0 Å². The molecule has 23 heavy (non-hydrogen) atoms. The lowest BCUT2D eigenvalue weighted by Crippen LogP contribution is -2.46. The molecular formula is C16H20N2O4S. The van der Waals surface area contributed by atoms with E-state index < -0.39 is 12.0 Å². The van der Waals surface area contributed by atoms with Gasteiger partial charge in [0.2, 0.25) is 0 Å². The number of allylic oxidation sites excluding steroid dienone is 1. The molecule has 1 aliphatic rings. The van der Waals surface area contributed by atoms with Crippen LogP contribution in [0.15, 0.2) is 29.5 Å². The van der Waals surface area contributed by atoms with Gasteiger partial charge in [-0.1, -0.05) is 6.07 Å². The number of rotatable bonds is 4. The molecule has 0 aromatic heterocycles. The molecule has 0 spiro atoms. The SMILES string of the molecule is CCOC(=O)C1=C(C)N(C)C(=S)N[C@@H]1c1ccc(O)c(OC)c1. The number of benzene rings is 1. The highest BCUT2D eigenvalue weighted by Crippen LogP contribution is 2.35. The summed E-state index contributed by atoms with van der Waals surface area (Å²) in [4.78, 5) is 14.1. The van der Waals surface area contributed by atoms with Gasteiger partial charge in [0.25, 0.3) is 0 Å². The zero-order valence-corrected chi connectivity index (χ0v) is 14.4. The van der Waals surface area contributed by atoms with Crippen LogP contribution in [0.2, 0.25) is 0 Å². The van der Waals surface area contributed by atoms with Crippen LogP contribution in [0.4, 0.5) is 0 Å². The van der Waals surface area contributed by atoms with Crippen LogP contribution in [0.3, 0.4) is 0 Å². The number of thiocarbonyl (C=S) groups is 1.